The number of benzene rings is 1. The highest BCUT2D eigenvalue weighted by Gasteiger charge is 2.21. The molecule has 1 aromatic heterocycles. The Bertz CT molecular complexity index is 576. The molecular weight excluding hydrogens is 270 g/mol. The predicted octanol–water partition coefficient (Wildman–Crippen LogP) is 2.52. The second-order valence-corrected chi connectivity index (χ2v) is 4.93. The highest BCUT2D eigenvalue weighted by Crippen LogP contribution is 2.29. The number of pyridine rings is 1. The molecule has 0 saturated carbocycles. The van der Waals surface area contributed by atoms with Gasteiger partial charge in [0.1, 0.15) is 11.3 Å². The highest BCUT2D eigenvalue weighted by molar-refractivity contribution is 7.80. The van der Waals surface area contributed by atoms with Crippen molar-refractivity contribution in [1.82, 2.24) is 4.98 Å². The lowest BCUT2D eigenvalue weighted by Crippen LogP contribution is -2.20. The fourth-order valence-corrected chi connectivity index (χ4v) is 2.31. The summed E-state index contributed by atoms with van der Waals surface area (Å²) in [4.78, 5) is 4.28. The van der Waals surface area contributed by atoms with E-state index in [2.05, 4.69) is 17.6 Å². The van der Waals surface area contributed by atoms with Crippen LogP contribution in [0.15, 0.2) is 24.3 Å². The third-order valence-electron chi connectivity index (χ3n) is 2.90. The SMILES string of the molecule is Cc1cccc2cc(C(O)C(O)CS)c(Cl)nc12. The van der Waals surface area contributed by atoms with E-state index in [9.17, 15) is 10.2 Å². The van der Waals surface area contributed by atoms with Gasteiger partial charge in [0.15, 0.2) is 0 Å². The maximum Gasteiger partial charge on any atom is 0.135 e. The molecule has 0 spiro atoms. The largest absolute Gasteiger partial charge is 0.389 e. The molecule has 3 nitrogen and oxygen atoms in total. The Morgan fingerprint density at radius 2 is 2.11 bits per heavy atom. The van der Waals surface area contributed by atoms with Crippen molar-refractivity contribution in [1.29, 1.82) is 0 Å². The fraction of sp³-hybridized carbons (Fsp3) is 0.308. The molecule has 0 amide bonds. The van der Waals surface area contributed by atoms with Crippen molar-refractivity contribution in [3.05, 3.63) is 40.5 Å². The van der Waals surface area contributed by atoms with Gasteiger partial charge in [0.25, 0.3) is 0 Å². The monoisotopic (exact) mass is 283 g/mol. The molecule has 0 aliphatic rings. The van der Waals surface area contributed by atoms with Gasteiger partial charge >= 0.3 is 0 Å². The number of halogens is 1. The van der Waals surface area contributed by atoms with Crippen LogP contribution in [0, 0.1) is 6.92 Å². The predicted molar refractivity (Wildman–Crippen MR) is 76.3 cm³/mol. The maximum atomic E-state index is 9.98. The molecule has 0 bridgehead atoms. The van der Waals surface area contributed by atoms with Crippen molar-refractivity contribution in [2.75, 3.05) is 5.75 Å². The molecule has 2 aromatic rings. The van der Waals surface area contributed by atoms with Gasteiger partial charge in [-0.05, 0) is 18.6 Å². The number of fused-ring (bicyclic) bond motifs is 1. The third-order valence-corrected chi connectivity index (χ3v) is 3.58. The van der Waals surface area contributed by atoms with Crippen molar-refractivity contribution in [3.63, 3.8) is 0 Å². The number of rotatable bonds is 3. The number of aryl methyl sites for hydroxylation is 1. The van der Waals surface area contributed by atoms with Crippen LogP contribution in [0.4, 0.5) is 0 Å². The normalized spacial score (nSPS) is 14.7. The Hall–Kier alpha value is -0.810. The molecule has 0 aliphatic heterocycles. The summed E-state index contributed by atoms with van der Waals surface area (Å²) in [7, 11) is 0. The van der Waals surface area contributed by atoms with Crippen molar-refractivity contribution >= 4 is 35.1 Å². The smallest absolute Gasteiger partial charge is 0.135 e. The highest BCUT2D eigenvalue weighted by atomic mass is 35.5. The molecule has 2 atom stereocenters. The van der Waals surface area contributed by atoms with Gasteiger partial charge in [-0.3, -0.25) is 0 Å². The average Bonchev–Trinajstić information content (AvgIpc) is 2.37. The number of thiol groups is 1. The van der Waals surface area contributed by atoms with Gasteiger partial charge in [0, 0.05) is 16.7 Å². The number of hydrogen-bond donors (Lipinski definition) is 3. The number of hydrogen-bond acceptors (Lipinski definition) is 4. The Balaban J connectivity index is 2.56. The van der Waals surface area contributed by atoms with Crippen LogP contribution in [0.25, 0.3) is 10.9 Å². The van der Waals surface area contributed by atoms with Crippen LogP contribution in [0.3, 0.4) is 0 Å². The standard InChI is InChI=1S/C13H14ClNO2S/c1-7-3-2-4-8-5-9(12(17)10(16)6-18)13(14)15-11(7)8/h2-5,10,12,16-18H,6H2,1H3. The van der Waals surface area contributed by atoms with Crippen LogP contribution >= 0.6 is 24.2 Å². The summed E-state index contributed by atoms with van der Waals surface area (Å²) in [6.07, 6.45) is -2.04. The molecular formula is C13H14ClNO2S. The zero-order valence-corrected chi connectivity index (χ0v) is 11.5. The molecule has 5 heteroatoms. The Kier molecular flexibility index (Phi) is 4.12. The number of aliphatic hydroxyl groups excluding tert-OH is 2. The summed E-state index contributed by atoms with van der Waals surface area (Å²) in [6.45, 7) is 1.95. The molecule has 1 heterocycles. The number of aliphatic hydroxyl groups is 2. The van der Waals surface area contributed by atoms with Crippen LogP contribution in [0.1, 0.15) is 17.2 Å². The van der Waals surface area contributed by atoms with Crippen molar-refractivity contribution < 1.29 is 10.2 Å². The minimum atomic E-state index is -1.08. The van der Waals surface area contributed by atoms with Crippen LogP contribution in [-0.4, -0.2) is 27.1 Å². The molecule has 0 radical (unpaired) electrons. The van der Waals surface area contributed by atoms with Crippen LogP contribution in [0.5, 0.6) is 0 Å². The van der Waals surface area contributed by atoms with Gasteiger partial charge in [-0.2, -0.15) is 12.6 Å². The van der Waals surface area contributed by atoms with Crippen LogP contribution in [-0.2, 0) is 0 Å². The summed E-state index contributed by atoms with van der Waals surface area (Å²) in [5, 5.41) is 20.7. The molecule has 1 aromatic carbocycles. The van der Waals surface area contributed by atoms with Gasteiger partial charge in [0.2, 0.25) is 0 Å². The van der Waals surface area contributed by atoms with E-state index in [1.165, 1.54) is 0 Å². The number of aromatic nitrogens is 1. The van der Waals surface area contributed by atoms with Gasteiger partial charge in [-0.15, -0.1) is 0 Å². The first-order valence-electron chi connectivity index (χ1n) is 5.57. The summed E-state index contributed by atoms with van der Waals surface area (Å²) in [5.74, 6) is 0.156. The number of nitrogens with zero attached hydrogens (tertiary/aromatic N) is 1. The zero-order valence-electron chi connectivity index (χ0n) is 9.84. The Labute approximate surface area is 116 Å². The molecule has 0 aliphatic carbocycles. The van der Waals surface area contributed by atoms with E-state index in [0.717, 1.165) is 16.5 Å². The first-order chi connectivity index (χ1) is 8.54. The topological polar surface area (TPSA) is 53.4 Å². The first-order valence-corrected chi connectivity index (χ1v) is 6.58. The summed E-state index contributed by atoms with van der Waals surface area (Å²) < 4.78 is 0. The van der Waals surface area contributed by atoms with E-state index in [4.69, 9.17) is 11.6 Å². The maximum absolute atomic E-state index is 9.98. The van der Waals surface area contributed by atoms with E-state index in [-0.39, 0.29) is 10.9 Å². The lowest BCUT2D eigenvalue weighted by Gasteiger charge is -2.17. The van der Waals surface area contributed by atoms with E-state index in [0.29, 0.717) is 5.56 Å². The van der Waals surface area contributed by atoms with E-state index in [1.54, 1.807) is 6.07 Å². The van der Waals surface area contributed by atoms with Crippen molar-refractivity contribution in [2.24, 2.45) is 0 Å². The second-order valence-electron chi connectivity index (χ2n) is 4.21. The molecule has 0 fully saturated rings. The average molecular weight is 284 g/mol. The quantitative estimate of drug-likeness (QED) is 0.599. The zero-order chi connectivity index (χ0) is 13.3. The van der Waals surface area contributed by atoms with Crippen molar-refractivity contribution in [3.8, 4) is 0 Å². The fourth-order valence-electron chi connectivity index (χ4n) is 1.86. The summed E-state index contributed by atoms with van der Waals surface area (Å²) in [6, 6.07) is 7.52. The van der Waals surface area contributed by atoms with E-state index >= 15 is 0 Å². The van der Waals surface area contributed by atoms with Gasteiger partial charge in [-0.1, -0.05) is 29.8 Å². The second kappa shape index (κ2) is 5.45. The molecule has 96 valence electrons. The lowest BCUT2D eigenvalue weighted by molar-refractivity contribution is 0.0337. The summed E-state index contributed by atoms with van der Waals surface area (Å²) >= 11 is 10.0. The van der Waals surface area contributed by atoms with Crippen molar-refractivity contribution in [2.45, 2.75) is 19.1 Å². The molecule has 0 saturated heterocycles. The third kappa shape index (κ3) is 2.47. The van der Waals surface area contributed by atoms with Gasteiger partial charge < -0.3 is 10.2 Å². The molecule has 2 unspecified atom stereocenters. The van der Waals surface area contributed by atoms with E-state index < -0.39 is 12.2 Å². The summed E-state index contributed by atoms with van der Waals surface area (Å²) in [5.41, 5.74) is 2.25. The first kappa shape index (κ1) is 13.6. The Morgan fingerprint density at radius 1 is 1.39 bits per heavy atom. The molecule has 2 rings (SSSR count). The van der Waals surface area contributed by atoms with Crippen LogP contribution < -0.4 is 0 Å². The molecule has 2 N–H and O–H groups in total. The lowest BCUT2D eigenvalue weighted by atomic mass is 10.0. The Morgan fingerprint density at radius 3 is 2.78 bits per heavy atom. The minimum absolute atomic E-state index is 0.156. The minimum Gasteiger partial charge on any atom is -0.389 e. The van der Waals surface area contributed by atoms with Crippen LogP contribution in [0.2, 0.25) is 5.15 Å². The van der Waals surface area contributed by atoms with Gasteiger partial charge in [0.05, 0.1) is 11.6 Å². The van der Waals surface area contributed by atoms with E-state index in [1.807, 2.05) is 25.1 Å². The molecule has 18 heavy (non-hydrogen) atoms. The van der Waals surface area contributed by atoms with Gasteiger partial charge in [-0.25, -0.2) is 4.98 Å². The number of para-hydroxylation sites is 1.